The summed E-state index contributed by atoms with van der Waals surface area (Å²) >= 11 is 1.26. The van der Waals surface area contributed by atoms with Crippen molar-refractivity contribution in [3.05, 3.63) is 58.7 Å². The molecular weight excluding hydrogens is 298 g/mol. The van der Waals surface area contributed by atoms with Crippen LogP contribution in [0, 0.1) is 0 Å². The zero-order valence-electron chi connectivity index (χ0n) is 11.6. The fraction of sp³-hybridized carbons (Fsp3) is 0.188. The van der Waals surface area contributed by atoms with E-state index in [9.17, 15) is 9.90 Å². The second kappa shape index (κ2) is 5.15. The van der Waals surface area contributed by atoms with Gasteiger partial charge in [-0.25, -0.2) is 9.97 Å². The molecule has 0 radical (unpaired) electrons. The number of fused-ring (bicyclic) bond motifs is 2. The van der Waals surface area contributed by atoms with Gasteiger partial charge >= 0.3 is 0 Å². The van der Waals surface area contributed by atoms with Gasteiger partial charge in [0.25, 0.3) is 5.91 Å². The number of carbonyl (C=O) groups excluding carboxylic acids is 1. The fourth-order valence-electron chi connectivity index (χ4n) is 2.80. The second-order valence-corrected chi connectivity index (χ2v) is 6.25. The minimum absolute atomic E-state index is 0.264. The molecular formula is C16H13N3O2S. The molecule has 2 N–H and O–H groups in total. The van der Waals surface area contributed by atoms with Crippen LogP contribution in [-0.2, 0) is 6.42 Å². The summed E-state index contributed by atoms with van der Waals surface area (Å²) in [7, 11) is 0. The third-order valence-corrected chi connectivity index (χ3v) is 4.85. The normalized spacial score (nSPS) is 20.0. The Labute approximate surface area is 130 Å². The molecule has 0 bridgehead atoms. The first kappa shape index (κ1) is 13.4. The van der Waals surface area contributed by atoms with E-state index >= 15 is 0 Å². The molecule has 110 valence electrons. The Morgan fingerprint density at radius 1 is 1.27 bits per heavy atom. The molecule has 0 aliphatic heterocycles. The lowest BCUT2D eigenvalue weighted by atomic mass is 10.1. The lowest BCUT2D eigenvalue weighted by Crippen LogP contribution is -2.37. The number of benzene rings is 1. The predicted octanol–water partition coefficient (Wildman–Crippen LogP) is 2.08. The highest BCUT2D eigenvalue weighted by Gasteiger charge is 2.32. The Hall–Kier alpha value is -2.31. The summed E-state index contributed by atoms with van der Waals surface area (Å²) in [5.41, 5.74) is 2.68. The van der Waals surface area contributed by atoms with Gasteiger partial charge in [-0.1, -0.05) is 35.6 Å². The summed E-state index contributed by atoms with van der Waals surface area (Å²) < 4.78 is 0. The molecule has 2 aromatic heterocycles. The monoisotopic (exact) mass is 311 g/mol. The van der Waals surface area contributed by atoms with E-state index in [1.54, 1.807) is 12.3 Å². The molecule has 3 aromatic rings. The van der Waals surface area contributed by atoms with Gasteiger partial charge in [0, 0.05) is 6.20 Å². The van der Waals surface area contributed by atoms with Crippen molar-refractivity contribution in [2.24, 2.45) is 0 Å². The molecule has 0 fully saturated rings. The van der Waals surface area contributed by atoms with E-state index in [1.165, 1.54) is 11.3 Å². The molecule has 1 aliphatic carbocycles. The van der Waals surface area contributed by atoms with E-state index in [0.29, 0.717) is 16.9 Å². The Kier molecular flexibility index (Phi) is 3.13. The van der Waals surface area contributed by atoms with Crippen molar-refractivity contribution < 1.29 is 9.90 Å². The Morgan fingerprint density at radius 2 is 2.14 bits per heavy atom. The summed E-state index contributed by atoms with van der Waals surface area (Å²) in [4.78, 5) is 21.6. The predicted molar refractivity (Wildman–Crippen MR) is 83.8 cm³/mol. The molecule has 4 rings (SSSR count). The standard InChI is InChI=1S/C16H13N3O2S/c20-13-10-5-2-1-4-9(10)8-12(13)18-14(21)16-19-11-6-3-7-17-15(11)22-16/h1-7,12-13,20H,8H2,(H,18,21)/t12-,13-/m0/s1. The molecule has 1 aromatic carbocycles. The fourth-order valence-corrected chi connectivity index (χ4v) is 3.61. The van der Waals surface area contributed by atoms with Crippen LogP contribution < -0.4 is 5.32 Å². The number of thiazole rings is 1. The molecule has 22 heavy (non-hydrogen) atoms. The van der Waals surface area contributed by atoms with Gasteiger partial charge in [-0.3, -0.25) is 4.79 Å². The topological polar surface area (TPSA) is 75.1 Å². The summed E-state index contributed by atoms with van der Waals surface area (Å²) in [5, 5.41) is 13.6. The van der Waals surface area contributed by atoms with Gasteiger partial charge in [0.05, 0.1) is 12.1 Å². The number of nitrogens with zero attached hydrogens (tertiary/aromatic N) is 2. The average Bonchev–Trinajstić information content (AvgIpc) is 3.10. The van der Waals surface area contributed by atoms with Gasteiger partial charge in [-0.15, -0.1) is 0 Å². The summed E-state index contributed by atoms with van der Waals surface area (Å²) in [6.45, 7) is 0. The number of carbonyl (C=O) groups is 1. The number of aromatic nitrogens is 2. The van der Waals surface area contributed by atoms with Crippen LogP contribution in [0.15, 0.2) is 42.6 Å². The van der Waals surface area contributed by atoms with Crippen molar-refractivity contribution >= 4 is 27.6 Å². The van der Waals surface area contributed by atoms with E-state index in [1.807, 2.05) is 30.3 Å². The number of pyridine rings is 1. The Bertz CT molecular complexity index is 828. The highest BCUT2D eigenvalue weighted by atomic mass is 32.1. The minimum atomic E-state index is -0.673. The van der Waals surface area contributed by atoms with Crippen molar-refractivity contribution in [3.8, 4) is 0 Å². The third-order valence-electron chi connectivity index (χ3n) is 3.87. The highest BCUT2D eigenvalue weighted by Crippen LogP contribution is 2.31. The van der Waals surface area contributed by atoms with Crippen LogP contribution in [0.4, 0.5) is 0 Å². The third kappa shape index (κ3) is 2.17. The van der Waals surface area contributed by atoms with Gasteiger partial charge in [0.2, 0.25) is 0 Å². The van der Waals surface area contributed by atoms with Crippen molar-refractivity contribution in [2.75, 3.05) is 0 Å². The lowest BCUT2D eigenvalue weighted by molar-refractivity contribution is 0.0858. The van der Waals surface area contributed by atoms with Gasteiger partial charge in [0.15, 0.2) is 5.01 Å². The SMILES string of the molecule is O=C(N[C@H]1Cc2ccccc2[C@@H]1O)c1nc2cccnc2s1. The average molecular weight is 311 g/mol. The van der Waals surface area contributed by atoms with Crippen molar-refractivity contribution in [1.82, 2.24) is 15.3 Å². The molecule has 0 saturated carbocycles. The number of nitrogens with one attached hydrogen (secondary N) is 1. The zero-order valence-corrected chi connectivity index (χ0v) is 12.4. The Balaban J connectivity index is 1.55. The maximum absolute atomic E-state index is 12.4. The molecule has 1 amide bonds. The summed E-state index contributed by atoms with van der Waals surface area (Å²) in [5.74, 6) is -0.264. The summed E-state index contributed by atoms with van der Waals surface area (Å²) in [6, 6.07) is 11.0. The number of aliphatic hydroxyl groups is 1. The van der Waals surface area contributed by atoms with Crippen LogP contribution in [0.1, 0.15) is 27.0 Å². The van der Waals surface area contributed by atoms with Gasteiger partial charge in [-0.05, 0) is 29.7 Å². The molecule has 2 atom stereocenters. The van der Waals surface area contributed by atoms with Crippen molar-refractivity contribution in [2.45, 2.75) is 18.6 Å². The number of aliphatic hydroxyl groups excluding tert-OH is 1. The molecule has 0 spiro atoms. The minimum Gasteiger partial charge on any atom is -0.386 e. The highest BCUT2D eigenvalue weighted by molar-refractivity contribution is 7.19. The van der Waals surface area contributed by atoms with E-state index in [4.69, 9.17) is 0 Å². The summed E-state index contributed by atoms with van der Waals surface area (Å²) in [6.07, 6.45) is 1.64. The second-order valence-electron chi connectivity index (χ2n) is 5.27. The van der Waals surface area contributed by atoms with E-state index in [0.717, 1.165) is 16.0 Å². The first-order valence-electron chi connectivity index (χ1n) is 7.00. The van der Waals surface area contributed by atoms with Crippen LogP contribution >= 0.6 is 11.3 Å². The van der Waals surface area contributed by atoms with Crippen LogP contribution in [0.3, 0.4) is 0 Å². The molecule has 0 unspecified atom stereocenters. The van der Waals surface area contributed by atoms with Gasteiger partial charge < -0.3 is 10.4 Å². The van der Waals surface area contributed by atoms with Gasteiger partial charge in [-0.2, -0.15) is 0 Å². The molecule has 1 aliphatic rings. The quantitative estimate of drug-likeness (QED) is 0.760. The first-order valence-corrected chi connectivity index (χ1v) is 7.82. The van der Waals surface area contributed by atoms with Crippen LogP contribution in [-0.4, -0.2) is 27.0 Å². The van der Waals surface area contributed by atoms with Crippen LogP contribution in [0.25, 0.3) is 10.3 Å². The first-order chi connectivity index (χ1) is 10.7. The number of amides is 1. The van der Waals surface area contributed by atoms with Crippen molar-refractivity contribution in [1.29, 1.82) is 0 Å². The van der Waals surface area contributed by atoms with E-state index in [2.05, 4.69) is 15.3 Å². The van der Waals surface area contributed by atoms with Gasteiger partial charge in [0.1, 0.15) is 10.3 Å². The van der Waals surface area contributed by atoms with Crippen molar-refractivity contribution in [3.63, 3.8) is 0 Å². The number of hydrogen-bond donors (Lipinski definition) is 2. The molecule has 6 heteroatoms. The largest absolute Gasteiger partial charge is 0.386 e. The smallest absolute Gasteiger partial charge is 0.280 e. The zero-order chi connectivity index (χ0) is 15.1. The van der Waals surface area contributed by atoms with E-state index < -0.39 is 6.10 Å². The molecule has 2 heterocycles. The number of rotatable bonds is 2. The number of hydrogen-bond acceptors (Lipinski definition) is 5. The van der Waals surface area contributed by atoms with Crippen LogP contribution in [0.5, 0.6) is 0 Å². The van der Waals surface area contributed by atoms with Crippen LogP contribution in [0.2, 0.25) is 0 Å². The maximum atomic E-state index is 12.4. The Morgan fingerprint density at radius 3 is 2.95 bits per heavy atom. The van der Waals surface area contributed by atoms with E-state index in [-0.39, 0.29) is 11.9 Å². The molecule has 5 nitrogen and oxygen atoms in total. The maximum Gasteiger partial charge on any atom is 0.280 e. The molecule has 0 saturated heterocycles. The lowest BCUT2D eigenvalue weighted by Gasteiger charge is -2.15.